The van der Waals surface area contributed by atoms with Gasteiger partial charge in [0.2, 0.25) is 15.9 Å². The van der Waals surface area contributed by atoms with Crippen molar-refractivity contribution in [3.8, 4) is 71.0 Å². The molecule has 0 spiro atoms. The highest BCUT2D eigenvalue weighted by atomic mass is 32.2. The molecule has 0 aromatic carbocycles. The lowest BCUT2D eigenvalue weighted by molar-refractivity contribution is -0.121. The Balaban J connectivity index is 0.000000420. The largest absolute Gasteiger partial charge is 0.450 e. The first kappa shape index (κ1) is 93.3. The molecule has 7 heterocycles. The van der Waals surface area contributed by atoms with Crippen LogP contribution in [0.25, 0.3) is 0 Å². The molecule has 0 aromatic heterocycles. The van der Waals surface area contributed by atoms with E-state index in [0.717, 1.165) is 91.0 Å². The second kappa shape index (κ2) is 46.3. The Kier molecular flexibility index (Phi) is 42.0. The zero-order chi connectivity index (χ0) is 77.7. The van der Waals surface area contributed by atoms with E-state index in [-0.39, 0.29) is 123 Å². The van der Waals surface area contributed by atoms with Crippen molar-refractivity contribution in [2.75, 3.05) is 91.1 Å². The smallest absolute Gasteiger partial charge is 0.407 e. The van der Waals surface area contributed by atoms with E-state index in [1.54, 1.807) is 13.8 Å². The molecule has 7 saturated heterocycles. The minimum absolute atomic E-state index is 0.0112. The Bertz CT molecular complexity index is 3020. The fourth-order valence-electron chi connectivity index (χ4n) is 10.6. The Morgan fingerprint density at radius 1 is 0.456 bits per heavy atom. The van der Waals surface area contributed by atoms with Crippen LogP contribution in [0.5, 0.6) is 0 Å². The highest BCUT2D eigenvalue weighted by Gasteiger charge is 2.30. The van der Waals surface area contributed by atoms with Crippen molar-refractivity contribution < 1.29 is 41.8 Å². The van der Waals surface area contributed by atoms with Gasteiger partial charge in [0.15, 0.2) is 0 Å². The van der Waals surface area contributed by atoms with Gasteiger partial charge in [-0.1, -0.05) is 78.0 Å². The number of amides is 5. The molecular formula is C80H139N13O9S. The molecule has 7 aliphatic rings. The van der Waals surface area contributed by atoms with Crippen molar-refractivity contribution >= 4 is 34.1 Å². The topological polar surface area (TPSA) is 278 Å². The van der Waals surface area contributed by atoms with Crippen molar-refractivity contribution in [2.45, 2.75) is 290 Å². The van der Waals surface area contributed by atoms with Crippen LogP contribution in [0.2, 0.25) is 0 Å². The summed E-state index contributed by atoms with van der Waals surface area (Å²) in [6, 6.07) is 2.57. The molecule has 12 N–H and O–H groups in total. The number of nitrogens with one attached hydrogen (secondary N) is 12. The van der Waals surface area contributed by atoms with E-state index < -0.39 is 10.0 Å². The maximum Gasteiger partial charge on any atom is 0.407 e. The third kappa shape index (κ3) is 48.9. The Labute approximate surface area is 625 Å². The van der Waals surface area contributed by atoms with Gasteiger partial charge in [0, 0.05) is 134 Å². The summed E-state index contributed by atoms with van der Waals surface area (Å²) in [5.41, 5.74) is 0.248. The van der Waals surface area contributed by atoms with Gasteiger partial charge >= 0.3 is 18.2 Å². The first-order valence-corrected chi connectivity index (χ1v) is 39.6. The van der Waals surface area contributed by atoms with Crippen molar-refractivity contribution in [3.63, 3.8) is 0 Å². The van der Waals surface area contributed by atoms with Crippen LogP contribution < -0.4 is 63.2 Å². The molecule has 7 aliphatic heterocycles. The van der Waals surface area contributed by atoms with Gasteiger partial charge in [-0.25, -0.2) is 27.5 Å². The lowest BCUT2D eigenvalue weighted by atomic mass is 9.97. The molecule has 7 rings (SSSR count). The maximum atomic E-state index is 11.4. The molecular weight excluding hydrogens is 1320 g/mol. The predicted molar refractivity (Wildman–Crippen MR) is 420 cm³/mol. The van der Waals surface area contributed by atoms with Crippen LogP contribution in [-0.4, -0.2) is 201 Å². The number of ether oxygens (including phenoxy) is 3. The molecule has 23 heteroatoms. The molecule has 0 aliphatic carbocycles. The quantitative estimate of drug-likeness (QED) is 0.0735. The lowest BCUT2D eigenvalue weighted by Crippen LogP contribution is -2.44. The van der Waals surface area contributed by atoms with Crippen LogP contribution in [0.1, 0.15) is 217 Å². The number of urea groups is 1. The molecule has 0 radical (unpaired) electrons. The van der Waals surface area contributed by atoms with E-state index in [2.05, 4.69) is 264 Å². The average Bonchev–Trinajstić information content (AvgIpc) is 1.87. The Morgan fingerprint density at radius 3 is 1.21 bits per heavy atom. The number of morpholine rings is 1. The molecule has 0 saturated carbocycles. The van der Waals surface area contributed by atoms with Crippen LogP contribution in [0.4, 0.5) is 14.4 Å². The van der Waals surface area contributed by atoms with Crippen LogP contribution >= 0.6 is 0 Å². The van der Waals surface area contributed by atoms with Gasteiger partial charge in [-0.15, -0.1) is 0 Å². The monoisotopic (exact) mass is 1460 g/mol. The van der Waals surface area contributed by atoms with Crippen LogP contribution in [0.3, 0.4) is 0 Å². The number of carbonyl (C=O) groups excluding carboxylic acids is 4. The lowest BCUT2D eigenvalue weighted by Gasteiger charge is -2.29. The summed E-state index contributed by atoms with van der Waals surface area (Å²) in [6.45, 7) is 57.1. The van der Waals surface area contributed by atoms with Gasteiger partial charge < -0.3 is 62.1 Å². The van der Waals surface area contributed by atoms with Crippen LogP contribution in [0, 0.1) is 104 Å². The van der Waals surface area contributed by atoms with Crippen LogP contribution in [0.15, 0.2) is 0 Å². The molecule has 22 nitrogen and oxygen atoms in total. The molecule has 0 aromatic rings. The second-order valence-electron chi connectivity index (χ2n) is 33.5. The molecule has 584 valence electrons. The number of hydrogen-bond donors (Lipinski definition) is 12. The summed E-state index contributed by atoms with van der Waals surface area (Å²) in [6.07, 6.45) is 7.69. The van der Waals surface area contributed by atoms with Crippen molar-refractivity contribution in [1.82, 2.24) is 68.1 Å². The van der Waals surface area contributed by atoms with E-state index in [9.17, 15) is 27.6 Å². The van der Waals surface area contributed by atoms with Gasteiger partial charge in [-0.05, 0) is 204 Å². The Hall–Kier alpha value is -5.77. The maximum absolute atomic E-state index is 11.4. The average molecular weight is 1460 g/mol. The van der Waals surface area contributed by atoms with E-state index in [1.807, 2.05) is 20.8 Å². The zero-order valence-electron chi connectivity index (χ0n) is 67.7. The van der Waals surface area contributed by atoms with E-state index in [4.69, 9.17) is 14.2 Å². The Morgan fingerprint density at radius 2 is 0.825 bits per heavy atom. The summed E-state index contributed by atoms with van der Waals surface area (Å²) >= 11 is 0. The first-order chi connectivity index (χ1) is 47.9. The molecule has 5 amide bonds. The van der Waals surface area contributed by atoms with Crippen molar-refractivity contribution in [2.24, 2.45) is 32.5 Å². The van der Waals surface area contributed by atoms with E-state index in [1.165, 1.54) is 12.8 Å². The fraction of sp³-hybridized carbons (Fsp3) is 0.800. The van der Waals surface area contributed by atoms with Gasteiger partial charge in [0.05, 0.1) is 61.8 Å². The highest BCUT2D eigenvalue weighted by Crippen LogP contribution is 2.20. The van der Waals surface area contributed by atoms with E-state index in [0.29, 0.717) is 51.4 Å². The predicted octanol–water partition coefficient (Wildman–Crippen LogP) is 7.99. The summed E-state index contributed by atoms with van der Waals surface area (Å²) in [5, 5.41) is 34.2. The third-order valence-electron chi connectivity index (χ3n) is 15.7. The molecule has 12 atom stereocenters. The number of hydrogen-bond acceptors (Lipinski definition) is 16. The molecule has 6 unspecified atom stereocenters. The summed E-state index contributed by atoms with van der Waals surface area (Å²) < 4.78 is 40.8. The van der Waals surface area contributed by atoms with Gasteiger partial charge in [0.25, 0.3) is 0 Å². The number of nitrogens with zero attached hydrogens (tertiary/aromatic N) is 1. The summed E-state index contributed by atoms with van der Waals surface area (Å²) in [4.78, 5) is 47.4. The summed E-state index contributed by atoms with van der Waals surface area (Å²) in [5.74, 6) is 39.1. The standard InChI is InChI=1S/C15H26N2O.C14H24N2O2.C13H23N3O.C13H22N2O2.C13H22N2O.C12H22N2O2S/c1-15(2,3)7-6-13-4-5-14(16-13)12-17-8-10-18-11-9-17;1-5-15-13(17)18-10-12-7-6-11(16-12)8-9-14(2,3)4;1-5-14-12(17)16-11-8-10(15-9-11)6-7-13(2,3)4;1-5-17-12(16)15-11-8-10(14-9-11)6-7-13(2,3)4;1-5-12(16)15-11-8-10(14-9-11)6-7-13(2,3)4;1-5-17(15,16)14-11-8-10(13-9-11)6-7-12(2,3)4/h13-14,16H,4-5,8-12H2,1-3H3;11-12,16H,5-7,10H2,1-4H3,(H,15,17);10-11,15H,5,8-9H2,1-4H3,(H2,14,16,17);10-11,14H,5,8-9H2,1-4H3,(H,15,16);10-11,14H,5,8-9H2,1-4H3,(H,15,16);10-11,13-14H,5,8-9H2,1-4H3/t13?,14-;11?,12-;4*10?,11-/m110000/s1. The molecule has 103 heavy (non-hydrogen) atoms. The first-order valence-electron chi connectivity index (χ1n) is 38.0. The number of rotatable bonds is 14. The molecule has 7 fully saturated rings. The summed E-state index contributed by atoms with van der Waals surface area (Å²) in [7, 11) is -3.11. The number of alkyl carbamates (subject to hydrolysis) is 2. The minimum atomic E-state index is -3.11. The van der Waals surface area contributed by atoms with E-state index >= 15 is 0 Å². The van der Waals surface area contributed by atoms with Gasteiger partial charge in [0.1, 0.15) is 6.61 Å². The number of carbonyl (C=O) groups is 4. The van der Waals surface area contributed by atoms with Crippen molar-refractivity contribution in [1.29, 1.82) is 0 Å². The number of sulfonamides is 1. The SMILES string of the molecule is CC(C)(C)C#CC1CC[C@H](CN2CCOCC2)N1.CCC(=O)N[C@@H]1CNC(C#CC(C)(C)C)C1.CCNC(=O)N[C@@H]1CNC(C#CC(C)(C)C)C1.CCNC(=O)OC[C@H]1CCC(C#CC(C)(C)C)N1.CCOC(=O)N[C@@H]1CNC(C#CC(C)(C)C)C1.CCS(=O)(=O)N[C@@H]1CNC(C#CC(C)(C)C)C1. The second-order valence-corrected chi connectivity index (χ2v) is 35.6. The van der Waals surface area contributed by atoms with Gasteiger partial charge in [-0.3, -0.25) is 20.3 Å². The van der Waals surface area contributed by atoms with Crippen molar-refractivity contribution in [3.05, 3.63) is 0 Å². The minimum Gasteiger partial charge on any atom is -0.450 e. The zero-order valence-corrected chi connectivity index (χ0v) is 68.5. The van der Waals surface area contributed by atoms with Gasteiger partial charge in [-0.2, -0.15) is 0 Å². The normalized spacial score (nSPS) is 25.2. The highest BCUT2D eigenvalue weighted by molar-refractivity contribution is 7.89. The molecule has 0 bridgehead atoms. The van der Waals surface area contributed by atoms with Crippen LogP contribution in [-0.2, 0) is 29.0 Å². The third-order valence-corrected chi connectivity index (χ3v) is 17.2. The fourth-order valence-corrected chi connectivity index (χ4v) is 11.5.